The maximum atomic E-state index is 13.0. The summed E-state index contributed by atoms with van der Waals surface area (Å²) in [7, 11) is 0. The van der Waals surface area contributed by atoms with Crippen LogP contribution in [0.1, 0.15) is 40.0 Å². The van der Waals surface area contributed by atoms with Gasteiger partial charge in [0.05, 0.1) is 34.2 Å². The molecule has 1 saturated heterocycles. The number of fused-ring (bicyclic) bond motifs is 1. The molecule has 2 aliphatic rings. The molecule has 0 spiro atoms. The molecule has 0 bridgehead atoms. The van der Waals surface area contributed by atoms with Crippen LogP contribution in [0.2, 0.25) is 0 Å². The van der Waals surface area contributed by atoms with Crippen LogP contribution in [0.5, 0.6) is 0 Å². The predicted molar refractivity (Wildman–Crippen MR) is 128 cm³/mol. The molecule has 3 N–H and O–H groups in total. The Morgan fingerprint density at radius 1 is 1.25 bits per heavy atom. The van der Waals surface area contributed by atoms with E-state index in [0.29, 0.717) is 18.5 Å². The zero-order valence-electron chi connectivity index (χ0n) is 17.7. The minimum absolute atomic E-state index is 0.151. The highest BCUT2D eigenvalue weighted by Gasteiger charge is 2.28. The van der Waals surface area contributed by atoms with Gasteiger partial charge in [-0.2, -0.15) is 5.10 Å². The van der Waals surface area contributed by atoms with Crippen molar-refractivity contribution in [3.63, 3.8) is 0 Å². The number of carbonyl (C=O) groups excluding carboxylic acids is 1. The van der Waals surface area contributed by atoms with E-state index in [1.165, 1.54) is 0 Å². The van der Waals surface area contributed by atoms with Gasteiger partial charge in [0.2, 0.25) is 0 Å². The largest absolute Gasteiger partial charge is 0.368 e. The Morgan fingerprint density at radius 2 is 2.09 bits per heavy atom. The van der Waals surface area contributed by atoms with Crippen LogP contribution < -0.4 is 16.0 Å². The number of piperidine rings is 1. The summed E-state index contributed by atoms with van der Waals surface area (Å²) in [5.41, 5.74) is 11.7. The van der Waals surface area contributed by atoms with Crippen molar-refractivity contribution in [2.24, 2.45) is 5.73 Å². The van der Waals surface area contributed by atoms with Gasteiger partial charge in [-0.3, -0.25) is 14.5 Å². The van der Waals surface area contributed by atoms with Gasteiger partial charge < -0.3 is 16.0 Å². The number of aromatic nitrogens is 3. The van der Waals surface area contributed by atoms with Crippen molar-refractivity contribution in [2.75, 3.05) is 18.0 Å². The molecule has 0 saturated carbocycles. The summed E-state index contributed by atoms with van der Waals surface area (Å²) < 4.78 is 2.70. The van der Waals surface area contributed by atoms with Gasteiger partial charge in [-0.15, -0.1) is 0 Å². The Morgan fingerprint density at radius 3 is 2.91 bits per heavy atom. The molecule has 0 unspecified atom stereocenters. The number of benzene rings is 1. The summed E-state index contributed by atoms with van der Waals surface area (Å²) in [6.45, 7) is 2.36. The van der Waals surface area contributed by atoms with Crippen LogP contribution in [-0.4, -0.2) is 39.8 Å². The summed E-state index contributed by atoms with van der Waals surface area (Å²) in [5, 5.41) is 7.46. The highest BCUT2D eigenvalue weighted by atomic mass is 79.9. The monoisotopic (exact) mass is 492 g/mol. The van der Waals surface area contributed by atoms with Crippen molar-refractivity contribution < 1.29 is 4.79 Å². The van der Waals surface area contributed by atoms with Gasteiger partial charge >= 0.3 is 0 Å². The highest BCUT2D eigenvalue weighted by molar-refractivity contribution is 9.10. The number of carbonyl (C=O) groups is 1. The third-order valence-electron chi connectivity index (χ3n) is 5.96. The molecule has 1 amide bonds. The molecule has 7 nitrogen and oxygen atoms in total. The van der Waals surface area contributed by atoms with Gasteiger partial charge in [0.1, 0.15) is 0 Å². The minimum atomic E-state index is -0.176. The summed E-state index contributed by atoms with van der Waals surface area (Å²) in [5.74, 6) is -0.176. The van der Waals surface area contributed by atoms with E-state index in [1.807, 2.05) is 42.6 Å². The molecule has 1 aliphatic carbocycles. The zero-order chi connectivity index (χ0) is 22.1. The quantitative estimate of drug-likeness (QED) is 0.569. The van der Waals surface area contributed by atoms with E-state index in [4.69, 9.17) is 5.73 Å². The maximum Gasteiger partial charge on any atom is 0.258 e. The number of hydrogen-bond donors (Lipinski definition) is 2. The van der Waals surface area contributed by atoms with Crippen molar-refractivity contribution >= 4 is 33.2 Å². The third-order valence-corrected chi connectivity index (χ3v) is 6.54. The Hall–Kier alpha value is -2.97. The van der Waals surface area contributed by atoms with E-state index in [-0.39, 0.29) is 11.9 Å². The number of amides is 1. The fraction of sp³-hybridized carbons (Fsp3) is 0.292. The van der Waals surface area contributed by atoms with Gasteiger partial charge in [-0.25, -0.2) is 0 Å². The molecule has 8 heteroatoms. The molecule has 1 fully saturated rings. The summed E-state index contributed by atoms with van der Waals surface area (Å²) in [6, 6.07) is 10.2. The number of pyridine rings is 1. The van der Waals surface area contributed by atoms with Gasteiger partial charge in [-0.1, -0.05) is 36.4 Å². The molecule has 32 heavy (non-hydrogen) atoms. The fourth-order valence-corrected chi connectivity index (χ4v) is 4.97. The van der Waals surface area contributed by atoms with E-state index >= 15 is 0 Å². The van der Waals surface area contributed by atoms with Crippen LogP contribution in [0.4, 0.5) is 5.69 Å². The van der Waals surface area contributed by atoms with Crippen molar-refractivity contribution in [2.45, 2.75) is 31.8 Å². The second kappa shape index (κ2) is 8.88. The minimum Gasteiger partial charge on any atom is -0.368 e. The van der Waals surface area contributed by atoms with Crippen molar-refractivity contribution in [3.05, 3.63) is 81.9 Å². The fourth-order valence-electron chi connectivity index (χ4n) is 4.42. The Bertz CT molecular complexity index is 1170. The van der Waals surface area contributed by atoms with E-state index in [2.05, 4.69) is 36.2 Å². The number of rotatable bonds is 5. The topological polar surface area (TPSA) is 89.1 Å². The second-order valence-electron chi connectivity index (χ2n) is 8.31. The van der Waals surface area contributed by atoms with E-state index in [9.17, 15) is 4.79 Å². The lowest BCUT2D eigenvalue weighted by Gasteiger charge is -2.34. The molecule has 164 valence electrons. The molecule has 1 atom stereocenters. The van der Waals surface area contributed by atoms with E-state index in [0.717, 1.165) is 58.6 Å². The van der Waals surface area contributed by atoms with Crippen LogP contribution in [0.25, 0.3) is 5.70 Å². The molecular formula is C24H25BrN6O. The van der Waals surface area contributed by atoms with E-state index in [1.54, 1.807) is 17.1 Å². The summed E-state index contributed by atoms with van der Waals surface area (Å²) in [6.07, 6.45) is 10.0. The van der Waals surface area contributed by atoms with Crippen LogP contribution in [0.15, 0.2) is 59.5 Å². The van der Waals surface area contributed by atoms with Gasteiger partial charge in [0.15, 0.2) is 0 Å². The Kier molecular flexibility index (Phi) is 5.80. The average molecular weight is 493 g/mol. The van der Waals surface area contributed by atoms with Crippen LogP contribution in [-0.2, 0) is 13.0 Å². The van der Waals surface area contributed by atoms with Crippen LogP contribution >= 0.6 is 15.9 Å². The summed E-state index contributed by atoms with van der Waals surface area (Å²) >= 11 is 3.68. The molecule has 1 aromatic carbocycles. The first-order valence-electron chi connectivity index (χ1n) is 10.8. The molecule has 3 aromatic rings. The number of nitrogens with zero attached hydrogens (tertiary/aromatic N) is 4. The van der Waals surface area contributed by atoms with Crippen molar-refractivity contribution in [1.29, 1.82) is 0 Å². The number of allylic oxidation sites excluding steroid dienone is 1. The van der Waals surface area contributed by atoms with Crippen molar-refractivity contribution in [1.82, 2.24) is 20.1 Å². The molecule has 2 aromatic heterocycles. The standard InChI is InChI=1S/C24H25BrN6O/c25-19-12-27-20-8-9-21(22(20)23(19)30-10-4-7-18(26)15-30)29-24(32)17-11-28-31(14-17)13-16-5-2-1-3-6-16/h1-3,5-6,9,11-12,14,18H,4,7-8,10,13,15,26H2,(H,29,32)/t18-/m1/s1. The van der Waals surface area contributed by atoms with Crippen LogP contribution in [0, 0.1) is 0 Å². The lowest BCUT2D eigenvalue weighted by Crippen LogP contribution is -2.43. The number of nitrogens with one attached hydrogen (secondary N) is 1. The Balaban J connectivity index is 1.36. The number of hydrogen-bond acceptors (Lipinski definition) is 5. The molecular weight excluding hydrogens is 468 g/mol. The van der Waals surface area contributed by atoms with E-state index < -0.39 is 0 Å². The van der Waals surface area contributed by atoms with Gasteiger partial charge in [0.25, 0.3) is 5.91 Å². The van der Waals surface area contributed by atoms with Crippen molar-refractivity contribution in [3.8, 4) is 0 Å². The predicted octanol–water partition coefficient (Wildman–Crippen LogP) is 3.34. The first kappa shape index (κ1) is 20.9. The lowest BCUT2D eigenvalue weighted by atomic mass is 10.0. The first-order valence-corrected chi connectivity index (χ1v) is 11.6. The number of halogens is 1. The molecule has 0 radical (unpaired) electrons. The average Bonchev–Trinajstić information content (AvgIpc) is 3.42. The molecule has 3 heterocycles. The first-order chi connectivity index (χ1) is 15.6. The van der Waals surface area contributed by atoms with Gasteiger partial charge in [0, 0.05) is 49.2 Å². The highest BCUT2D eigenvalue weighted by Crippen LogP contribution is 2.39. The SMILES string of the molecule is N[C@@H]1CCCN(c2c(Br)cnc3c2C(NC(=O)c2cnn(Cc4ccccc4)c2)=CC3)C1. The summed E-state index contributed by atoms with van der Waals surface area (Å²) in [4.78, 5) is 19.9. The molecule has 5 rings (SSSR count). The third kappa shape index (κ3) is 4.20. The Labute approximate surface area is 195 Å². The normalized spacial score (nSPS) is 17.8. The maximum absolute atomic E-state index is 13.0. The second-order valence-corrected chi connectivity index (χ2v) is 9.17. The van der Waals surface area contributed by atoms with Gasteiger partial charge in [-0.05, 0) is 34.3 Å². The molecule has 1 aliphatic heterocycles. The number of anilines is 1. The van der Waals surface area contributed by atoms with Crippen LogP contribution in [0.3, 0.4) is 0 Å². The smallest absolute Gasteiger partial charge is 0.258 e. The zero-order valence-corrected chi connectivity index (χ0v) is 19.3. The lowest BCUT2D eigenvalue weighted by molar-refractivity contribution is 0.0973. The number of nitrogens with two attached hydrogens (primary N) is 1.